The van der Waals surface area contributed by atoms with Crippen LogP contribution in [0.3, 0.4) is 0 Å². The Kier molecular flexibility index (Phi) is 13.6. The first kappa shape index (κ1) is 27.5. The first-order valence-electron chi connectivity index (χ1n) is 12.1. The zero-order valence-corrected chi connectivity index (χ0v) is 20.7. The van der Waals surface area contributed by atoms with Crippen LogP contribution < -0.4 is 4.74 Å². The maximum Gasteiger partial charge on any atom is 0.328 e. The summed E-state index contributed by atoms with van der Waals surface area (Å²) in [5.74, 6) is -0.819. The minimum Gasteiger partial charge on any atom is -0.465 e. The van der Waals surface area contributed by atoms with Gasteiger partial charge in [0.2, 0.25) is 0 Å². The van der Waals surface area contributed by atoms with E-state index in [1.54, 1.807) is 12.1 Å². The molecule has 0 fully saturated rings. The molecule has 0 heterocycles. The number of ether oxygens (including phenoxy) is 2. The average Bonchev–Trinajstić information content (AvgIpc) is 2.76. The van der Waals surface area contributed by atoms with E-state index in [0.717, 1.165) is 24.8 Å². The molecule has 0 amide bonds. The highest BCUT2D eigenvalue weighted by molar-refractivity contribution is 6.32. The minimum atomic E-state index is -1.30. The van der Waals surface area contributed by atoms with Crippen LogP contribution >= 0.6 is 11.6 Å². The predicted octanol–water partition coefficient (Wildman–Crippen LogP) is 7.82. The molecular formula is C26H41ClO4. The SMILES string of the molecule is CCCCCCCCCCCCOC(=O)C(CC)(CC)C(=O)Oc1cc(C)ccc1Cl. The van der Waals surface area contributed by atoms with Gasteiger partial charge < -0.3 is 9.47 Å². The van der Waals surface area contributed by atoms with Crippen LogP contribution in [0, 0.1) is 12.3 Å². The number of benzene rings is 1. The van der Waals surface area contributed by atoms with Crippen LogP contribution in [0.2, 0.25) is 5.02 Å². The maximum atomic E-state index is 12.9. The molecule has 0 atom stereocenters. The summed E-state index contributed by atoms with van der Waals surface area (Å²) in [4.78, 5) is 25.7. The van der Waals surface area contributed by atoms with Crippen molar-refractivity contribution in [2.75, 3.05) is 6.61 Å². The fourth-order valence-corrected chi connectivity index (χ4v) is 3.85. The van der Waals surface area contributed by atoms with Crippen LogP contribution in [0.1, 0.15) is 103 Å². The Morgan fingerprint density at radius 3 is 1.94 bits per heavy atom. The van der Waals surface area contributed by atoms with Gasteiger partial charge in [-0.2, -0.15) is 0 Å². The van der Waals surface area contributed by atoms with Gasteiger partial charge in [-0.15, -0.1) is 0 Å². The topological polar surface area (TPSA) is 52.6 Å². The quantitative estimate of drug-likeness (QED) is 0.111. The molecule has 0 bridgehead atoms. The van der Waals surface area contributed by atoms with Crippen molar-refractivity contribution in [2.24, 2.45) is 5.41 Å². The van der Waals surface area contributed by atoms with Gasteiger partial charge in [-0.05, 0) is 43.9 Å². The number of rotatable bonds is 16. The number of unbranched alkanes of at least 4 members (excludes halogenated alkanes) is 9. The lowest BCUT2D eigenvalue weighted by Gasteiger charge is -2.27. The molecule has 0 radical (unpaired) electrons. The van der Waals surface area contributed by atoms with E-state index in [4.69, 9.17) is 21.1 Å². The third-order valence-corrected chi connectivity index (χ3v) is 6.32. The summed E-state index contributed by atoms with van der Waals surface area (Å²) >= 11 is 6.15. The molecule has 31 heavy (non-hydrogen) atoms. The third-order valence-electron chi connectivity index (χ3n) is 6.01. The molecule has 4 nitrogen and oxygen atoms in total. The van der Waals surface area contributed by atoms with E-state index in [-0.39, 0.29) is 5.75 Å². The Balaban J connectivity index is 2.43. The van der Waals surface area contributed by atoms with Gasteiger partial charge in [-0.3, -0.25) is 9.59 Å². The van der Waals surface area contributed by atoms with Crippen LogP contribution in [-0.4, -0.2) is 18.5 Å². The van der Waals surface area contributed by atoms with Crippen LogP contribution in [-0.2, 0) is 14.3 Å². The summed E-state index contributed by atoms with van der Waals surface area (Å²) in [5.41, 5.74) is -0.375. The van der Waals surface area contributed by atoms with E-state index in [1.807, 2.05) is 26.8 Å². The van der Waals surface area contributed by atoms with Crippen molar-refractivity contribution in [1.82, 2.24) is 0 Å². The zero-order valence-electron chi connectivity index (χ0n) is 19.9. The van der Waals surface area contributed by atoms with Crippen molar-refractivity contribution in [3.63, 3.8) is 0 Å². The van der Waals surface area contributed by atoms with E-state index in [9.17, 15) is 9.59 Å². The fourth-order valence-electron chi connectivity index (χ4n) is 3.69. The largest absolute Gasteiger partial charge is 0.465 e. The van der Waals surface area contributed by atoms with E-state index in [1.165, 1.54) is 44.9 Å². The monoisotopic (exact) mass is 452 g/mol. The van der Waals surface area contributed by atoms with E-state index in [0.29, 0.717) is 24.5 Å². The Hall–Kier alpha value is -1.55. The molecule has 0 aliphatic rings. The highest BCUT2D eigenvalue weighted by atomic mass is 35.5. The molecule has 0 unspecified atom stereocenters. The molecular weight excluding hydrogens is 412 g/mol. The van der Waals surface area contributed by atoms with Gasteiger partial charge in [0.1, 0.15) is 5.75 Å². The lowest BCUT2D eigenvalue weighted by molar-refractivity contribution is -0.168. The zero-order chi connectivity index (χ0) is 23.1. The van der Waals surface area contributed by atoms with Crippen molar-refractivity contribution in [1.29, 1.82) is 0 Å². The molecule has 1 rings (SSSR count). The maximum absolute atomic E-state index is 12.9. The first-order valence-corrected chi connectivity index (χ1v) is 12.4. The van der Waals surface area contributed by atoms with Crippen LogP contribution in [0.25, 0.3) is 0 Å². The van der Waals surface area contributed by atoms with Gasteiger partial charge in [0.05, 0.1) is 11.6 Å². The Morgan fingerprint density at radius 1 is 0.839 bits per heavy atom. The van der Waals surface area contributed by atoms with Gasteiger partial charge >= 0.3 is 11.9 Å². The van der Waals surface area contributed by atoms with Crippen molar-refractivity contribution in [2.45, 2.75) is 105 Å². The van der Waals surface area contributed by atoms with Crippen LogP contribution in [0.5, 0.6) is 5.75 Å². The minimum absolute atomic E-state index is 0.278. The predicted molar refractivity (Wildman–Crippen MR) is 128 cm³/mol. The Bertz CT molecular complexity index is 667. The number of aryl methyl sites for hydroxylation is 1. The first-order chi connectivity index (χ1) is 14.9. The van der Waals surface area contributed by atoms with Crippen molar-refractivity contribution >= 4 is 23.5 Å². The molecule has 0 N–H and O–H groups in total. The van der Waals surface area contributed by atoms with Gasteiger partial charge in [0.25, 0.3) is 0 Å². The molecule has 0 aromatic heterocycles. The summed E-state index contributed by atoms with van der Waals surface area (Å²) in [6.45, 7) is 8.09. The van der Waals surface area contributed by atoms with Gasteiger partial charge in [-0.25, -0.2) is 0 Å². The van der Waals surface area contributed by atoms with Gasteiger partial charge in [0, 0.05) is 0 Å². The lowest BCUT2D eigenvalue weighted by Crippen LogP contribution is -2.42. The molecule has 0 saturated heterocycles. The highest BCUT2D eigenvalue weighted by Gasteiger charge is 2.46. The highest BCUT2D eigenvalue weighted by Crippen LogP contribution is 2.33. The molecule has 5 heteroatoms. The molecule has 176 valence electrons. The lowest BCUT2D eigenvalue weighted by atomic mass is 9.82. The summed E-state index contributed by atoms with van der Waals surface area (Å²) in [6, 6.07) is 5.22. The third kappa shape index (κ3) is 9.22. The second-order valence-corrected chi connectivity index (χ2v) is 8.84. The molecule has 0 saturated carbocycles. The van der Waals surface area contributed by atoms with E-state index >= 15 is 0 Å². The Labute approximate surface area is 194 Å². The van der Waals surface area contributed by atoms with Gasteiger partial charge in [-0.1, -0.05) is 96.2 Å². The van der Waals surface area contributed by atoms with E-state index < -0.39 is 17.4 Å². The second kappa shape index (κ2) is 15.3. The summed E-state index contributed by atoms with van der Waals surface area (Å²) in [7, 11) is 0. The summed E-state index contributed by atoms with van der Waals surface area (Å²) in [5, 5.41) is 0.346. The molecule has 0 spiro atoms. The summed E-state index contributed by atoms with van der Waals surface area (Å²) < 4.78 is 11.0. The number of carbonyl (C=O) groups is 2. The molecule has 1 aromatic rings. The number of hydrogen-bond donors (Lipinski definition) is 0. The standard InChI is InChI=1S/C26H41ClO4/c1-5-8-9-10-11-12-13-14-15-16-19-30-24(28)26(6-2,7-3)25(29)31-23-20-21(4)17-18-22(23)27/h17-18,20H,5-16,19H2,1-4H3. The van der Waals surface area contributed by atoms with E-state index in [2.05, 4.69) is 6.92 Å². The fraction of sp³-hybridized carbons (Fsp3) is 0.692. The average molecular weight is 453 g/mol. The van der Waals surface area contributed by atoms with Gasteiger partial charge in [0.15, 0.2) is 5.41 Å². The molecule has 1 aromatic carbocycles. The normalized spacial score (nSPS) is 11.4. The summed E-state index contributed by atoms with van der Waals surface area (Å²) in [6.07, 6.45) is 12.8. The number of hydrogen-bond acceptors (Lipinski definition) is 4. The van der Waals surface area contributed by atoms with Crippen molar-refractivity contribution in [3.05, 3.63) is 28.8 Å². The van der Waals surface area contributed by atoms with Crippen molar-refractivity contribution < 1.29 is 19.1 Å². The number of esters is 2. The second-order valence-electron chi connectivity index (χ2n) is 8.43. The Morgan fingerprint density at radius 2 is 1.39 bits per heavy atom. The van der Waals surface area contributed by atoms with Crippen LogP contribution in [0.4, 0.5) is 0 Å². The number of halogens is 1. The number of carbonyl (C=O) groups excluding carboxylic acids is 2. The van der Waals surface area contributed by atoms with Crippen molar-refractivity contribution in [3.8, 4) is 5.75 Å². The molecule has 0 aliphatic heterocycles. The smallest absolute Gasteiger partial charge is 0.328 e. The molecule has 0 aliphatic carbocycles. The van der Waals surface area contributed by atoms with Crippen LogP contribution in [0.15, 0.2) is 18.2 Å².